The lowest BCUT2D eigenvalue weighted by Crippen LogP contribution is -2.46. The number of halogens is 1. The Morgan fingerprint density at radius 1 is 1.11 bits per heavy atom. The fraction of sp³-hybridized carbons (Fsp3) is 0.269. The van der Waals surface area contributed by atoms with Gasteiger partial charge in [-0.05, 0) is 47.7 Å². The van der Waals surface area contributed by atoms with Crippen LogP contribution in [0.4, 0.5) is 0 Å². The van der Waals surface area contributed by atoms with E-state index in [1.165, 1.54) is 4.88 Å². The predicted octanol–water partition coefficient (Wildman–Crippen LogP) is 4.90. The molecule has 0 spiro atoms. The molecule has 1 aliphatic rings. The highest BCUT2D eigenvalue weighted by Crippen LogP contribution is 2.38. The van der Waals surface area contributed by atoms with Gasteiger partial charge in [-0.25, -0.2) is 9.48 Å². The van der Waals surface area contributed by atoms with Gasteiger partial charge in [0.25, 0.3) is 0 Å². The molecule has 0 amide bonds. The lowest BCUT2D eigenvalue weighted by Gasteiger charge is -2.42. The quantitative estimate of drug-likeness (QED) is 0.358. The first-order valence-electron chi connectivity index (χ1n) is 11.4. The van der Waals surface area contributed by atoms with Crippen LogP contribution in [0.5, 0.6) is 0 Å². The molecule has 1 N–H and O–H groups in total. The van der Waals surface area contributed by atoms with Crippen LogP contribution in [0.25, 0.3) is 0 Å². The second-order valence-electron chi connectivity index (χ2n) is 8.58. The van der Waals surface area contributed by atoms with Crippen LogP contribution in [0.1, 0.15) is 45.0 Å². The van der Waals surface area contributed by atoms with Gasteiger partial charge >= 0.3 is 5.97 Å². The number of aromatic nitrogens is 3. The molecule has 7 nitrogen and oxygen atoms in total. The van der Waals surface area contributed by atoms with Gasteiger partial charge in [0, 0.05) is 29.0 Å². The molecule has 0 unspecified atom stereocenters. The van der Waals surface area contributed by atoms with Gasteiger partial charge < -0.3 is 9.84 Å². The van der Waals surface area contributed by atoms with Crippen molar-refractivity contribution in [1.29, 1.82) is 0 Å². The van der Waals surface area contributed by atoms with Crippen molar-refractivity contribution in [2.45, 2.75) is 37.8 Å². The number of nitrogens with zero attached hydrogens (tertiary/aromatic N) is 4. The number of thiophene rings is 1. The lowest BCUT2D eigenvalue weighted by molar-refractivity contribution is -0.0131. The summed E-state index contributed by atoms with van der Waals surface area (Å²) in [6.07, 6.45) is 1.78. The normalized spacial score (nSPS) is 20.6. The molecule has 0 radical (unpaired) electrons. The smallest absolute Gasteiger partial charge is 0.338 e. The second-order valence-corrected chi connectivity index (χ2v) is 10.0. The first-order valence-corrected chi connectivity index (χ1v) is 12.7. The van der Waals surface area contributed by atoms with E-state index in [-0.39, 0.29) is 18.7 Å². The summed E-state index contributed by atoms with van der Waals surface area (Å²) in [6.45, 7) is 1.27. The first-order chi connectivity index (χ1) is 17.1. The maximum Gasteiger partial charge on any atom is 0.338 e. The Morgan fingerprint density at radius 2 is 1.91 bits per heavy atom. The molecular weight excluding hydrogens is 484 g/mol. The number of aliphatic hydroxyl groups excluding tert-OH is 1. The van der Waals surface area contributed by atoms with E-state index < -0.39 is 12.1 Å². The number of hydrogen-bond donors (Lipinski definition) is 1. The van der Waals surface area contributed by atoms with Crippen LogP contribution in [0.2, 0.25) is 5.02 Å². The zero-order valence-corrected chi connectivity index (χ0v) is 20.5. The van der Waals surface area contributed by atoms with E-state index >= 15 is 0 Å². The van der Waals surface area contributed by atoms with Crippen LogP contribution in [-0.2, 0) is 17.9 Å². The number of ether oxygens (including phenoxy) is 1. The third-order valence-corrected chi connectivity index (χ3v) is 7.34. The minimum Gasteiger partial charge on any atom is -0.455 e. The second kappa shape index (κ2) is 10.7. The third-order valence-electron chi connectivity index (χ3n) is 6.22. The van der Waals surface area contributed by atoms with E-state index in [0.29, 0.717) is 29.2 Å². The van der Waals surface area contributed by atoms with Crippen molar-refractivity contribution >= 4 is 28.9 Å². The predicted molar refractivity (Wildman–Crippen MR) is 134 cm³/mol. The van der Waals surface area contributed by atoms with E-state index in [9.17, 15) is 9.90 Å². The van der Waals surface area contributed by atoms with Gasteiger partial charge in [0.2, 0.25) is 0 Å². The summed E-state index contributed by atoms with van der Waals surface area (Å²) >= 11 is 7.84. The molecule has 5 rings (SSSR count). The maximum absolute atomic E-state index is 12.2. The zero-order valence-electron chi connectivity index (χ0n) is 18.9. The molecule has 35 heavy (non-hydrogen) atoms. The number of likely N-dealkylation sites (tertiary alicyclic amines) is 1. The molecule has 9 heteroatoms. The summed E-state index contributed by atoms with van der Waals surface area (Å²) in [7, 11) is 0. The Hall–Kier alpha value is -3.04. The summed E-state index contributed by atoms with van der Waals surface area (Å²) in [5.41, 5.74) is 2.16. The van der Waals surface area contributed by atoms with E-state index in [0.717, 1.165) is 12.1 Å². The number of carbonyl (C=O) groups is 1. The van der Waals surface area contributed by atoms with E-state index in [1.807, 2.05) is 36.4 Å². The molecule has 0 bridgehead atoms. The summed E-state index contributed by atoms with van der Waals surface area (Å²) in [5, 5.41) is 22.3. The van der Waals surface area contributed by atoms with Crippen LogP contribution in [0.15, 0.2) is 78.3 Å². The van der Waals surface area contributed by atoms with Crippen molar-refractivity contribution in [3.8, 4) is 0 Å². The maximum atomic E-state index is 12.2. The van der Waals surface area contributed by atoms with Crippen LogP contribution in [0, 0.1) is 0 Å². The Bertz CT molecular complexity index is 1250. The molecule has 3 heterocycles. The Morgan fingerprint density at radius 3 is 2.66 bits per heavy atom. The molecule has 0 aliphatic carbocycles. The molecule has 3 atom stereocenters. The molecule has 4 aromatic rings. The first kappa shape index (κ1) is 23.7. The van der Waals surface area contributed by atoms with E-state index in [4.69, 9.17) is 16.3 Å². The molecule has 1 saturated heterocycles. The summed E-state index contributed by atoms with van der Waals surface area (Å²) in [4.78, 5) is 15.8. The van der Waals surface area contributed by atoms with Crippen LogP contribution in [0.3, 0.4) is 0 Å². The number of carbonyl (C=O) groups excluding carboxylic acids is 1. The van der Waals surface area contributed by atoms with Crippen LogP contribution < -0.4 is 0 Å². The third kappa shape index (κ3) is 5.62. The van der Waals surface area contributed by atoms with Gasteiger partial charge in [0.15, 0.2) is 0 Å². The number of piperidine rings is 1. The van der Waals surface area contributed by atoms with Crippen molar-refractivity contribution in [2.75, 3.05) is 6.54 Å². The topological polar surface area (TPSA) is 80.5 Å². The van der Waals surface area contributed by atoms with Crippen molar-refractivity contribution in [2.24, 2.45) is 0 Å². The fourth-order valence-electron chi connectivity index (χ4n) is 4.46. The standard InChI is InChI=1S/C26H25ClN4O3S/c27-20-10-8-18(9-11-20)23-13-24(25(32)16-30(23)15-22-7-4-12-35-22)31-14-21(28-29-31)17-34-26(33)19-5-2-1-3-6-19/h1-12,14,23-25,32H,13,15-17H2/t23-,24+,25-/m1/s1. The van der Waals surface area contributed by atoms with Crippen molar-refractivity contribution in [1.82, 2.24) is 19.9 Å². The van der Waals surface area contributed by atoms with Gasteiger partial charge in [0.1, 0.15) is 12.3 Å². The number of rotatable bonds is 7. The minimum atomic E-state index is -0.625. The summed E-state index contributed by atoms with van der Waals surface area (Å²) in [6, 6.07) is 20.7. The average Bonchev–Trinajstić information content (AvgIpc) is 3.56. The highest BCUT2D eigenvalue weighted by Gasteiger charge is 2.37. The van der Waals surface area contributed by atoms with Crippen molar-refractivity contribution in [3.63, 3.8) is 0 Å². The summed E-state index contributed by atoms with van der Waals surface area (Å²) < 4.78 is 7.08. The van der Waals surface area contributed by atoms with Crippen LogP contribution >= 0.6 is 22.9 Å². The van der Waals surface area contributed by atoms with Crippen molar-refractivity contribution < 1.29 is 14.6 Å². The fourth-order valence-corrected chi connectivity index (χ4v) is 5.31. The lowest BCUT2D eigenvalue weighted by atomic mass is 9.90. The van der Waals surface area contributed by atoms with Gasteiger partial charge in [-0.1, -0.05) is 53.2 Å². The summed E-state index contributed by atoms with van der Waals surface area (Å²) in [5.74, 6) is -0.412. The van der Waals surface area contributed by atoms with Gasteiger partial charge in [-0.2, -0.15) is 0 Å². The highest BCUT2D eigenvalue weighted by atomic mass is 35.5. The Kier molecular flexibility index (Phi) is 7.24. The average molecular weight is 509 g/mol. The molecule has 0 saturated carbocycles. The number of β-amino-alcohol motifs (C(OH)–C–C–N with tert-alkyl or cyclic N) is 1. The van der Waals surface area contributed by atoms with Crippen LogP contribution in [-0.4, -0.2) is 43.6 Å². The molecule has 2 aromatic heterocycles. The minimum absolute atomic E-state index is 0.0155. The SMILES string of the molecule is O=C(OCc1cn([C@H]2C[C@H](c3ccc(Cl)cc3)N(Cc3cccs3)C[C@H]2O)nn1)c1ccccc1. The van der Waals surface area contributed by atoms with E-state index in [1.54, 1.807) is 46.5 Å². The highest BCUT2D eigenvalue weighted by molar-refractivity contribution is 7.09. The van der Waals surface area contributed by atoms with E-state index in [2.05, 4.69) is 26.7 Å². The molecule has 2 aromatic carbocycles. The molecule has 1 fully saturated rings. The molecular formula is C26H25ClN4O3S. The number of benzene rings is 2. The van der Waals surface area contributed by atoms with Crippen molar-refractivity contribution in [3.05, 3.63) is 105 Å². The Labute approximate surface area is 212 Å². The zero-order chi connectivity index (χ0) is 24.2. The number of esters is 1. The Balaban J connectivity index is 1.31. The molecule has 1 aliphatic heterocycles. The number of aliphatic hydroxyl groups is 1. The molecule has 180 valence electrons. The van der Waals surface area contributed by atoms with Gasteiger partial charge in [-0.15, -0.1) is 16.4 Å². The number of hydrogen-bond acceptors (Lipinski definition) is 7. The monoisotopic (exact) mass is 508 g/mol. The van der Waals surface area contributed by atoms with Gasteiger partial charge in [0.05, 0.1) is 23.9 Å². The van der Waals surface area contributed by atoms with Gasteiger partial charge in [-0.3, -0.25) is 4.90 Å². The largest absolute Gasteiger partial charge is 0.455 e.